The van der Waals surface area contributed by atoms with Crippen molar-refractivity contribution in [1.82, 2.24) is 4.57 Å². The Kier molecular flexibility index (Phi) is 6.86. The molecule has 10 rings (SSSR count). The number of hydrogen-bond acceptors (Lipinski definition) is 1. The van der Waals surface area contributed by atoms with Crippen molar-refractivity contribution in [2.75, 3.05) is 0 Å². The number of nitrogens with zero attached hydrogens (tertiary/aromatic N) is 1. The van der Waals surface area contributed by atoms with Crippen LogP contribution in [0.3, 0.4) is 0 Å². The monoisotopic (exact) mass is 667 g/mol. The maximum Gasteiger partial charge on any atom is 0.181 e. The number of rotatable bonds is 6. The molecular weight excluding hydrogens is 635 g/mol. The third-order valence-electron chi connectivity index (χ3n) is 10.5. The smallest absolute Gasteiger partial charge is 0.181 e. The summed E-state index contributed by atoms with van der Waals surface area (Å²) in [6.07, 6.45) is 0. The molecule has 240 valence electrons. The van der Waals surface area contributed by atoms with Gasteiger partial charge in [-0.25, -0.2) is 0 Å². The van der Waals surface area contributed by atoms with E-state index in [-0.39, 0.29) is 0 Å². The van der Waals surface area contributed by atoms with Crippen molar-refractivity contribution in [2.45, 2.75) is 0 Å². The van der Waals surface area contributed by atoms with Crippen LogP contribution < -0.4 is 20.7 Å². The second-order valence-corrected chi connectivity index (χ2v) is 17.0. The zero-order valence-corrected chi connectivity index (χ0v) is 28.9. The Bertz CT molecular complexity index is 2810. The molecule has 0 saturated carbocycles. The molecule has 0 spiro atoms. The van der Waals surface area contributed by atoms with Gasteiger partial charge in [-0.3, -0.25) is 0 Å². The van der Waals surface area contributed by atoms with Crippen LogP contribution in [0.1, 0.15) is 0 Å². The van der Waals surface area contributed by atoms with Gasteiger partial charge in [0, 0.05) is 27.2 Å². The van der Waals surface area contributed by atoms with Crippen LogP contribution in [0, 0.1) is 0 Å². The summed E-state index contributed by atoms with van der Waals surface area (Å²) >= 11 is 0. The molecule has 0 aliphatic carbocycles. The fourth-order valence-corrected chi connectivity index (χ4v) is 13.3. The van der Waals surface area contributed by atoms with Gasteiger partial charge in [-0.05, 0) is 68.3 Å². The van der Waals surface area contributed by atoms with E-state index in [0.29, 0.717) is 0 Å². The van der Waals surface area contributed by atoms with Gasteiger partial charge in [-0.1, -0.05) is 164 Å². The molecule has 0 N–H and O–H groups in total. The molecule has 0 fully saturated rings. The fraction of sp³-hybridized carbons (Fsp3) is 0. The predicted molar refractivity (Wildman–Crippen MR) is 217 cm³/mol. The Morgan fingerprint density at radius 1 is 0.373 bits per heavy atom. The van der Waals surface area contributed by atoms with Gasteiger partial charge in [-0.2, -0.15) is 0 Å². The molecule has 8 aromatic carbocycles. The summed E-state index contributed by atoms with van der Waals surface area (Å²) in [5.74, 6) is 0. The zero-order chi connectivity index (χ0) is 33.8. The molecular formula is C48H33NOSi. The first kappa shape index (κ1) is 29.5. The highest BCUT2D eigenvalue weighted by Gasteiger charge is 2.43. The van der Waals surface area contributed by atoms with E-state index < -0.39 is 8.07 Å². The third-order valence-corrected chi connectivity index (χ3v) is 15.3. The molecule has 51 heavy (non-hydrogen) atoms. The average molecular weight is 668 g/mol. The van der Waals surface area contributed by atoms with Crippen LogP contribution in [0.25, 0.3) is 60.6 Å². The lowest BCUT2D eigenvalue weighted by atomic mass is 10.0. The maximum atomic E-state index is 6.36. The predicted octanol–water partition coefficient (Wildman–Crippen LogP) is 9.73. The Morgan fingerprint density at radius 3 is 1.71 bits per heavy atom. The van der Waals surface area contributed by atoms with Gasteiger partial charge in [0.2, 0.25) is 0 Å². The van der Waals surface area contributed by atoms with E-state index in [1.807, 2.05) is 12.1 Å². The van der Waals surface area contributed by atoms with Gasteiger partial charge in [0.05, 0.1) is 11.0 Å². The lowest BCUT2D eigenvalue weighted by Crippen LogP contribution is -2.75. The second kappa shape index (κ2) is 11.9. The summed E-state index contributed by atoms with van der Waals surface area (Å²) in [7, 11) is -2.98. The van der Waals surface area contributed by atoms with Gasteiger partial charge in [0.1, 0.15) is 11.2 Å². The first-order chi connectivity index (χ1) is 25.3. The van der Waals surface area contributed by atoms with Crippen LogP contribution in [-0.2, 0) is 0 Å². The van der Waals surface area contributed by atoms with Crippen LogP contribution in [0.2, 0.25) is 0 Å². The second-order valence-electron chi connectivity index (χ2n) is 13.3. The molecule has 0 radical (unpaired) electrons. The summed E-state index contributed by atoms with van der Waals surface area (Å²) in [6.45, 7) is 0. The molecule has 0 aliphatic heterocycles. The highest BCUT2D eigenvalue weighted by Crippen LogP contribution is 2.34. The third kappa shape index (κ3) is 4.56. The van der Waals surface area contributed by atoms with Crippen molar-refractivity contribution in [3.63, 3.8) is 0 Å². The number of aromatic nitrogens is 1. The van der Waals surface area contributed by atoms with Crippen LogP contribution in [0.4, 0.5) is 0 Å². The van der Waals surface area contributed by atoms with E-state index >= 15 is 0 Å². The largest absolute Gasteiger partial charge is 0.456 e. The van der Waals surface area contributed by atoms with Gasteiger partial charge in [-0.15, -0.1) is 0 Å². The average Bonchev–Trinajstić information content (AvgIpc) is 3.75. The highest BCUT2D eigenvalue weighted by molar-refractivity contribution is 7.20. The van der Waals surface area contributed by atoms with Crippen LogP contribution in [0.15, 0.2) is 205 Å². The van der Waals surface area contributed by atoms with Gasteiger partial charge < -0.3 is 8.98 Å². The van der Waals surface area contributed by atoms with Crippen LogP contribution >= 0.6 is 0 Å². The molecule has 0 aliphatic rings. The molecule has 0 amide bonds. The zero-order valence-electron chi connectivity index (χ0n) is 27.9. The molecule has 3 heteroatoms. The minimum Gasteiger partial charge on any atom is -0.456 e. The topological polar surface area (TPSA) is 18.1 Å². The van der Waals surface area contributed by atoms with Crippen molar-refractivity contribution in [2.24, 2.45) is 0 Å². The van der Waals surface area contributed by atoms with E-state index in [1.165, 1.54) is 48.1 Å². The van der Waals surface area contributed by atoms with Gasteiger partial charge in [0.25, 0.3) is 0 Å². The van der Waals surface area contributed by atoms with Gasteiger partial charge >= 0.3 is 0 Å². The SMILES string of the molecule is c1ccc(-n2c3ccccc3c3cccc([Si](c4ccccc4)(c4ccccc4)c4cccc(-c5ccc6c(c5)oc5ccccc56)c4)c32)cc1. The van der Waals surface area contributed by atoms with Crippen molar-refractivity contribution >= 4 is 72.6 Å². The molecule has 0 unspecified atom stereocenters. The van der Waals surface area contributed by atoms with E-state index in [9.17, 15) is 0 Å². The van der Waals surface area contributed by atoms with E-state index in [2.05, 4.69) is 193 Å². The van der Waals surface area contributed by atoms with Crippen molar-refractivity contribution in [3.05, 3.63) is 200 Å². The summed E-state index contributed by atoms with van der Waals surface area (Å²) in [6, 6.07) is 73.3. The minimum absolute atomic E-state index is 0.908. The first-order valence-corrected chi connectivity index (χ1v) is 19.5. The highest BCUT2D eigenvalue weighted by atomic mass is 28.3. The molecule has 0 bridgehead atoms. The van der Waals surface area contributed by atoms with E-state index in [0.717, 1.165) is 33.2 Å². The molecule has 2 aromatic heterocycles. The summed E-state index contributed by atoms with van der Waals surface area (Å²) in [4.78, 5) is 0. The Balaban J connectivity index is 1.32. The number of furan rings is 1. The summed E-state index contributed by atoms with van der Waals surface area (Å²) in [5.41, 5.74) is 7.78. The summed E-state index contributed by atoms with van der Waals surface area (Å²) in [5, 5.41) is 10.2. The molecule has 2 nitrogen and oxygen atoms in total. The number of benzene rings is 8. The fourth-order valence-electron chi connectivity index (χ4n) is 8.35. The van der Waals surface area contributed by atoms with E-state index in [4.69, 9.17) is 4.42 Å². The Hall–Kier alpha value is -6.42. The lowest BCUT2D eigenvalue weighted by molar-refractivity contribution is 0.669. The molecule has 0 atom stereocenters. The number of fused-ring (bicyclic) bond motifs is 6. The van der Waals surface area contributed by atoms with Crippen molar-refractivity contribution in [3.8, 4) is 16.8 Å². The van der Waals surface area contributed by atoms with Crippen molar-refractivity contribution in [1.29, 1.82) is 0 Å². The van der Waals surface area contributed by atoms with Gasteiger partial charge in [0.15, 0.2) is 8.07 Å². The minimum atomic E-state index is -2.98. The van der Waals surface area contributed by atoms with Crippen LogP contribution in [0.5, 0.6) is 0 Å². The van der Waals surface area contributed by atoms with Crippen molar-refractivity contribution < 1.29 is 4.42 Å². The Labute approximate surface area is 297 Å². The standard InChI is InChI=1S/C48H33NOSi/c1-4-17-36(18-5-1)49-44-27-12-10-24-40(44)43-26-15-29-47(48(43)49)51(37-19-6-2-7-20-37,38-21-8-3-9-22-38)39-23-14-16-34(32-39)35-30-31-42-41-25-11-13-28-45(41)50-46(42)33-35/h1-33H. The molecule has 10 aromatic rings. The van der Waals surface area contributed by atoms with E-state index in [1.54, 1.807) is 0 Å². The first-order valence-electron chi connectivity index (χ1n) is 17.5. The maximum absolute atomic E-state index is 6.36. The molecule has 0 saturated heterocycles. The lowest BCUT2D eigenvalue weighted by Gasteiger charge is -2.35. The quantitative estimate of drug-likeness (QED) is 0.128. The Morgan fingerprint density at radius 2 is 0.941 bits per heavy atom. The van der Waals surface area contributed by atoms with Crippen LogP contribution in [-0.4, -0.2) is 12.6 Å². The number of hydrogen-bond donors (Lipinski definition) is 0. The normalized spacial score (nSPS) is 11.9. The summed E-state index contributed by atoms with van der Waals surface area (Å²) < 4.78 is 8.85. The number of para-hydroxylation sites is 4. The molecule has 2 heterocycles.